The van der Waals surface area contributed by atoms with Crippen molar-refractivity contribution in [2.75, 3.05) is 6.54 Å². The molecule has 29 heavy (non-hydrogen) atoms. The quantitative estimate of drug-likeness (QED) is 0.314. The van der Waals surface area contributed by atoms with E-state index in [1.807, 2.05) is 53.4 Å². The predicted molar refractivity (Wildman–Crippen MR) is 123 cm³/mol. The van der Waals surface area contributed by atoms with Crippen molar-refractivity contribution in [3.63, 3.8) is 0 Å². The highest BCUT2D eigenvalue weighted by Crippen LogP contribution is 2.17. The minimum Gasteiger partial charge on any atom is -0.345 e. The number of aromatic nitrogens is 1. The maximum absolute atomic E-state index is 13.2. The number of carbonyl (C=O) groups is 1. The second-order valence-electron chi connectivity index (χ2n) is 7.20. The highest BCUT2D eigenvalue weighted by Gasteiger charge is 2.17. The van der Waals surface area contributed by atoms with Gasteiger partial charge < -0.3 is 9.47 Å². The summed E-state index contributed by atoms with van der Waals surface area (Å²) in [5, 5.41) is 0.739. The van der Waals surface area contributed by atoms with Crippen LogP contribution in [0.4, 0.5) is 0 Å². The maximum Gasteiger partial charge on any atom is 0.254 e. The molecule has 0 spiro atoms. The zero-order valence-electron chi connectivity index (χ0n) is 16.7. The number of carbonyl (C=O) groups excluding carboxylic acids is 1. The topological polar surface area (TPSA) is 25.2 Å². The van der Waals surface area contributed by atoms with Gasteiger partial charge in [0.05, 0.1) is 6.54 Å². The Hall–Kier alpha value is -2.04. The zero-order chi connectivity index (χ0) is 20.6. The molecule has 0 saturated heterocycles. The van der Waals surface area contributed by atoms with Crippen LogP contribution < -0.4 is 0 Å². The summed E-state index contributed by atoms with van der Waals surface area (Å²) >= 11 is 9.57. The number of unbranched alkanes of at least 4 members (excludes halogenated alkanes) is 2. The normalized spacial score (nSPS) is 10.9. The molecular weight excluding hydrogens is 448 g/mol. The summed E-state index contributed by atoms with van der Waals surface area (Å²) < 4.78 is 3.16. The fraction of sp³-hybridized carbons (Fsp3) is 0.292. The molecule has 0 radical (unpaired) electrons. The van der Waals surface area contributed by atoms with Crippen LogP contribution in [0.3, 0.4) is 0 Å². The molecule has 0 atom stereocenters. The van der Waals surface area contributed by atoms with Crippen LogP contribution in [0.25, 0.3) is 0 Å². The molecule has 0 saturated carbocycles. The molecule has 2 aromatic carbocycles. The van der Waals surface area contributed by atoms with Gasteiger partial charge in [-0.05, 0) is 60.5 Å². The van der Waals surface area contributed by atoms with Gasteiger partial charge in [-0.2, -0.15) is 0 Å². The van der Waals surface area contributed by atoms with Gasteiger partial charge in [-0.3, -0.25) is 4.79 Å². The summed E-state index contributed by atoms with van der Waals surface area (Å²) in [4.78, 5) is 15.1. The van der Waals surface area contributed by atoms with Gasteiger partial charge in [0, 0.05) is 40.0 Å². The molecule has 1 amide bonds. The number of amides is 1. The number of hydrogen-bond donors (Lipinski definition) is 0. The molecule has 0 fully saturated rings. The fourth-order valence-electron chi connectivity index (χ4n) is 3.35. The van der Waals surface area contributed by atoms with Crippen molar-refractivity contribution in [1.82, 2.24) is 9.47 Å². The molecule has 0 unspecified atom stereocenters. The van der Waals surface area contributed by atoms with E-state index in [9.17, 15) is 4.79 Å². The van der Waals surface area contributed by atoms with Crippen LogP contribution in [0.2, 0.25) is 5.02 Å². The summed E-state index contributed by atoms with van der Waals surface area (Å²) in [6, 6.07) is 19.6. The van der Waals surface area contributed by atoms with Gasteiger partial charge >= 0.3 is 0 Å². The number of halogens is 2. The molecule has 1 aromatic heterocycles. The Morgan fingerprint density at radius 3 is 2.59 bits per heavy atom. The SMILES string of the molecule is CCCCCN(Cc1cccn1Cc1cccc(Cl)c1)C(=O)c1ccc(Br)cc1. The summed E-state index contributed by atoms with van der Waals surface area (Å²) in [6.07, 6.45) is 5.32. The standard InChI is InChI=1S/C24H26BrClN2O/c1-2-3-4-14-28(24(29)20-10-12-21(25)13-11-20)18-23-9-6-15-27(23)17-19-7-5-8-22(26)16-19/h5-13,15-16H,2-4,14,17-18H2,1H3. The van der Waals surface area contributed by atoms with Gasteiger partial charge in [-0.15, -0.1) is 0 Å². The Morgan fingerprint density at radius 2 is 1.86 bits per heavy atom. The van der Waals surface area contributed by atoms with Crippen molar-refractivity contribution in [3.05, 3.63) is 93.2 Å². The average Bonchev–Trinajstić information content (AvgIpc) is 3.14. The molecule has 0 aliphatic heterocycles. The van der Waals surface area contributed by atoms with Gasteiger partial charge in [0.1, 0.15) is 0 Å². The van der Waals surface area contributed by atoms with Gasteiger partial charge in [0.15, 0.2) is 0 Å². The predicted octanol–water partition coefficient (Wildman–Crippen LogP) is 6.78. The van der Waals surface area contributed by atoms with Crippen molar-refractivity contribution in [2.24, 2.45) is 0 Å². The molecular formula is C24H26BrClN2O. The van der Waals surface area contributed by atoms with Crippen molar-refractivity contribution in [2.45, 2.75) is 39.3 Å². The lowest BCUT2D eigenvalue weighted by molar-refractivity contribution is 0.0736. The monoisotopic (exact) mass is 472 g/mol. The average molecular weight is 474 g/mol. The van der Waals surface area contributed by atoms with Crippen LogP contribution >= 0.6 is 27.5 Å². The maximum atomic E-state index is 13.2. The molecule has 0 aliphatic carbocycles. The molecule has 3 aromatic rings. The summed E-state index contributed by atoms with van der Waals surface area (Å²) in [6.45, 7) is 4.26. The number of rotatable bonds is 9. The third-order valence-electron chi connectivity index (χ3n) is 4.93. The van der Waals surface area contributed by atoms with Crippen LogP contribution in [0.5, 0.6) is 0 Å². The van der Waals surface area contributed by atoms with E-state index in [4.69, 9.17) is 11.6 Å². The van der Waals surface area contributed by atoms with Crippen LogP contribution in [0, 0.1) is 0 Å². The van der Waals surface area contributed by atoms with Gasteiger partial charge in [0.25, 0.3) is 5.91 Å². The minimum absolute atomic E-state index is 0.0732. The first-order chi connectivity index (χ1) is 14.1. The van der Waals surface area contributed by atoms with Crippen LogP contribution in [-0.4, -0.2) is 21.9 Å². The Labute approximate surface area is 186 Å². The highest BCUT2D eigenvalue weighted by atomic mass is 79.9. The van der Waals surface area contributed by atoms with Crippen LogP contribution in [0.1, 0.15) is 47.8 Å². The number of hydrogen-bond acceptors (Lipinski definition) is 1. The first-order valence-corrected chi connectivity index (χ1v) is 11.2. The van der Waals surface area contributed by atoms with Crippen LogP contribution in [-0.2, 0) is 13.1 Å². The van der Waals surface area contributed by atoms with E-state index in [-0.39, 0.29) is 5.91 Å². The second kappa shape index (κ2) is 10.7. The van der Waals surface area contributed by atoms with Gasteiger partial charge in [0.2, 0.25) is 0 Å². The minimum atomic E-state index is 0.0732. The fourth-order valence-corrected chi connectivity index (χ4v) is 3.83. The Morgan fingerprint density at radius 1 is 1.07 bits per heavy atom. The van der Waals surface area contributed by atoms with E-state index in [2.05, 4.69) is 45.8 Å². The Kier molecular flexibility index (Phi) is 7.96. The van der Waals surface area contributed by atoms with E-state index in [1.54, 1.807) is 0 Å². The molecule has 1 heterocycles. The Balaban J connectivity index is 1.78. The smallest absolute Gasteiger partial charge is 0.254 e. The zero-order valence-corrected chi connectivity index (χ0v) is 19.0. The van der Waals surface area contributed by atoms with Crippen molar-refractivity contribution >= 4 is 33.4 Å². The van der Waals surface area contributed by atoms with Crippen LogP contribution in [0.15, 0.2) is 71.3 Å². The number of benzene rings is 2. The highest BCUT2D eigenvalue weighted by molar-refractivity contribution is 9.10. The molecule has 152 valence electrons. The van der Waals surface area contributed by atoms with Gasteiger partial charge in [-0.25, -0.2) is 0 Å². The van der Waals surface area contributed by atoms with E-state index >= 15 is 0 Å². The first-order valence-electron chi connectivity index (χ1n) is 10.00. The van der Waals surface area contributed by atoms with Crippen molar-refractivity contribution < 1.29 is 4.79 Å². The van der Waals surface area contributed by atoms with E-state index in [1.165, 1.54) is 0 Å². The van der Waals surface area contributed by atoms with Crippen molar-refractivity contribution in [3.8, 4) is 0 Å². The third kappa shape index (κ3) is 6.22. The lowest BCUT2D eigenvalue weighted by atomic mass is 10.1. The lowest BCUT2D eigenvalue weighted by Crippen LogP contribution is -2.32. The number of nitrogens with zero attached hydrogens (tertiary/aromatic N) is 2. The summed E-state index contributed by atoms with van der Waals surface area (Å²) in [5.41, 5.74) is 2.98. The summed E-state index contributed by atoms with van der Waals surface area (Å²) in [5.74, 6) is 0.0732. The van der Waals surface area contributed by atoms with E-state index in [0.29, 0.717) is 6.54 Å². The Bertz CT molecular complexity index is 936. The van der Waals surface area contributed by atoms with E-state index < -0.39 is 0 Å². The summed E-state index contributed by atoms with van der Waals surface area (Å²) in [7, 11) is 0. The largest absolute Gasteiger partial charge is 0.345 e. The van der Waals surface area contributed by atoms with E-state index in [0.717, 1.165) is 58.7 Å². The lowest BCUT2D eigenvalue weighted by Gasteiger charge is -2.24. The molecule has 0 aliphatic rings. The molecule has 3 nitrogen and oxygen atoms in total. The molecule has 5 heteroatoms. The first kappa shape index (κ1) is 21.7. The second-order valence-corrected chi connectivity index (χ2v) is 8.55. The third-order valence-corrected chi connectivity index (χ3v) is 5.69. The van der Waals surface area contributed by atoms with Gasteiger partial charge in [-0.1, -0.05) is 59.4 Å². The molecule has 3 rings (SSSR count). The van der Waals surface area contributed by atoms with Crippen molar-refractivity contribution in [1.29, 1.82) is 0 Å². The molecule has 0 bridgehead atoms. The molecule has 0 N–H and O–H groups in total.